The van der Waals surface area contributed by atoms with E-state index in [1.165, 1.54) is 4.90 Å². The molecule has 1 aliphatic heterocycles. The number of hydrogen-bond acceptors (Lipinski definition) is 5. The Balaban J connectivity index is 2.28. The number of nitrogens with zero attached hydrogens (tertiary/aromatic N) is 1. The number of aliphatic hydroxyl groups is 1. The van der Waals surface area contributed by atoms with Crippen molar-refractivity contribution in [3.8, 4) is 0 Å². The molecule has 124 valence electrons. The Hall–Kier alpha value is -2.24. The molecule has 23 heavy (non-hydrogen) atoms. The summed E-state index contributed by atoms with van der Waals surface area (Å²) in [6.07, 6.45) is 3.66. The molecular formula is C17H21NO5. The van der Waals surface area contributed by atoms with Gasteiger partial charge in [0.15, 0.2) is 11.5 Å². The lowest BCUT2D eigenvalue weighted by molar-refractivity contribution is -0.149. The summed E-state index contributed by atoms with van der Waals surface area (Å²) in [6.45, 7) is 5.61. The zero-order valence-corrected chi connectivity index (χ0v) is 13.6. The molecular weight excluding hydrogens is 298 g/mol. The van der Waals surface area contributed by atoms with Gasteiger partial charge in [-0.15, -0.1) is 0 Å². The fraction of sp³-hybridized carbons (Fsp3) is 0.529. The summed E-state index contributed by atoms with van der Waals surface area (Å²) in [4.78, 5) is 50.0. The van der Waals surface area contributed by atoms with Gasteiger partial charge in [-0.2, -0.15) is 0 Å². The lowest BCUT2D eigenvalue weighted by Gasteiger charge is -2.29. The molecule has 6 nitrogen and oxygen atoms in total. The molecule has 1 amide bonds. The molecule has 0 aromatic carbocycles. The molecule has 1 unspecified atom stereocenters. The fourth-order valence-corrected chi connectivity index (χ4v) is 2.77. The second-order valence-corrected chi connectivity index (χ2v) is 6.58. The number of amides is 1. The lowest BCUT2D eigenvalue weighted by atomic mass is 9.84. The van der Waals surface area contributed by atoms with Gasteiger partial charge in [-0.05, 0) is 25.3 Å². The normalized spacial score (nSPS) is 22.0. The molecule has 1 saturated heterocycles. The zero-order chi connectivity index (χ0) is 17.4. The van der Waals surface area contributed by atoms with Crippen LogP contribution in [-0.2, 0) is 19.2 Å². The van der Waals surface area contributed by atoms with E-state index in [9.17, 15) is 24.3 Å². The molecule has 0 bridgehead atoms. The summed E-state index contributed by atoms with van der Waals surface area (Å²) in [5.41, 5.74) is -0.685. The summed E-state index contributed by atoms with van der Waals surface area (Å²) in [6, 6.07) is -0.633. The maximum atomic E-state index is 12.5. The Morgan fingerprint density at radius 3 is 2.57 bits per heavy atom. The largest absolute Gasteiger partial charge is 0.504 e. The van der Waals surface area contributed by atoms with E-state index in [1.54, 1.807) is 13.8 Å². The van der Waals surface area contributed by atoms with Crippen molar-refractivity contribution in [3.05, 3.63) is 23.5 Å². The van der Waals surface area contributed by atoms with Crippen molar-refractivity contribution >= 4 is 23.3 Å². The zero-order valence-electron chi connectivity index (χ0n) is 13.6. The smallest absolute Gasteiger partial charge is 0.291 e. The van der Waals surface area contributed by atoms with Gasteiger partial charge in [0.1, 0.15) is 0 Å². The van der Waals surface area contributed by atoms with E-state index in [2.05, 4.69) is 0 Å². The van der Waals surface area contributed by atoms with Gasteiger partial charge in [0.2, 0.25) is 11.6 Å². The van der Waals surface area contributed by atoms with Crippen LogP contribution in [0.3, 0.4) is 0 Å². The molecule has 0 radical (unpaired) electrons. The molecule has 0 spiro atoms. The van der Waals surface area contributed by atoms with E-state index in [4.69, 9.17) is 0 Å². The first-order valence-corrected chi connectivity index (χ1v) is 7.75. The van der Waals surface area contributed by atoms with Crippen LogP contribution in [0.15, 0.2) is 23.5 Å². The quantitative estimate of drug-likeness (QED) is 0.626. The van der Waals surface area contributed by atoms with Crippen LogP contribution in [-0.4, -0.2) is 45.8 Å². The molecule has 6 heteroatoms. The standard InChI is InChI=1S/C17H21NO5/c1-4-17(2,3)15(22)16(23)18-7-5-6-12(18)11-8-10(19)9-13(20)14(11)21/h8-9,12,20H,4-7H2,1-3H3. The Bertz CT molecular complexity index is 641. The molecule has 0 aromatic rings. The van der Waals surface area contributed by atoms with Crippen LogP contribution in [0, 0.1) is 5.41 Å². The number of hydrogen-bond donors (Lipinski definition) is 1. The highest BCUT2D eigenvalue weighted by Crippen LogP contribution is 2.30. The van der Waals surface area contributed by atoms with Crippen molar-refractivity contribution in [2.45, 2.75) is 46.1 Å². The minimum absolute atomic E-state index is 0.0861. The van der Waals surface area contributed by atoms with Gasteiger partial charge in [-0.3, -0.25) is 19.2 Å². The highest BCUT2D eigenvalue weighted by Gasteiger charge is 2.42. The number of allylic oxidation sites excluding steroid dienone is 3. The van der Waals surface area contributed by atoms with Crippen molar-refractivity contribution in [3.63, 3.8) is 0 Å². The molecule has 1 fully saturated rings. The first-order valence-electron chi connectivity index (χ1n) is 7.75. The molecule has 2 rings (SSSR count). The van der Waals surface area contributed by atoms with Gasteiger partial charge >= 0.3 is 0 Å². The van der Waals surface area contributed by atoms with Crippen LogP contribution in [0.25, 0.3) is 0 Å². The van der Waals surface area contributed by atoms with Crippen molar-refractivity contribution < 1.29 is 24.3 Å². The fourth-order valence-electron chi connectivity index (χ4n) is 2.77. The molecule has 0 saturated carbocycles. The number of aliphatic hydroxyl groups excluding tert-OH is 1. The van der Waals surface area contributed by atoms with Crippen LogP contribution in [0.4, 0.5) is 0 Å². The first-order chi connectivity index (χ1) is 10.7. The van der Waals surface area contributed by atoms with E-state index in [-0.39, 0.29) is 5.57 Å². The maximum absolute atomic E-state index is 12.5. The van der Waals surface area contributed by atoms with E-state index in [1.807, 2.05) is 6.92 Å². The Labute approximate surface area is 134 Å². The predicted octanol–water partition coefficient (Wildman–Crippen LogP) is 1.50. The third-order valence-corrected chi connectivity index (χ3v) is 4.64. The van der Waals surface area contributed by atoms with Crippen molar-refractivity contribution in [1.82, 2.24) is 4.90 Å². The maximum Gasteiger partial charge on any atom is 0.291 e. The van der Waals surface area contributed by atoms with E-state index in [0.717, 1.165) is 12.2 Å². The number of carbonyl (C=O) groups excluding carboxylic acids is 4. The number of carbonyl (C=O) groups is 4. The number of ketones is 3. The SMILES string of the molecule is CCC(C)(C)C(=O)C(=O)N1CCCC1C1=CC(=O)C=C(O)C1=O. The van der Waals surface area contributed by atoms with Gasteiger partial charge in [-0.25, -0.2) is 0 Å². The second-order valence-electron chi connectivity index (χ2n) is 6.58. The van der Waals surface area contributed by atoms with E-state index >= 15 is 0 Å². The van der Waals surface area contributed by atoms with Gasteiger partial charge in [-0.1, -0.05) is 20.8 Å². The highest BCUT2D eigenvalue weighted by molar-refractivity contribution is 6.38. The molecule has 1 atom stereocenters. The average Bonchev–Trinajstić information content (AvgIpc) is 2.98. The van der Waals surface area contributed by atoms with Crippen LogP contribution in [0.2, 0.25) is 0 Å². The van der Waals surface area contributed by atoms with Gasteiger partial charge in [0, 0.05) is 23.6 Å². The first kappa shape index (κ1) is 17.1. The van der Waals surface area contributed by atoms with E-state index in [0.29, 0.717) is 25.8 Å². The summed E-state index contributed by atoms with van der Waals surface area (Å²) in [5.74, 6) is -2.89. The molecule has 1 N–H and O–H groups in total. The summed E-state index contributed by atoms with van der Waals surface area (Å²) < 4.78 is 0. The molecule has 0 aromatic heterocycles. The lowest BCUT2D eigenvalue weighted by Crippen LogP contribution is -2.46. The van der Waals surface area contributed by atoms with Gasteiger partial charge in [0.25, 0.3) is 5.91 Å². The minimum Gasteiger partial charge on any atom is -0.504 e. The van der Waals surface area contributed by atoms with Gasteiger partial charge in [0.05, 0.1) is 6.04 Å². The minimum atomic E-state index is -0.771. The van der Waals surface area contributed by atoms with E-state index < -0.39 is 40.5 Å². The average molecular weight is 319 g/mol. The van der Waals surface area contributed by atoms with Crippen molar-refractivity contribution in [2.24, 2.45) is 5.41 Å². The summed E-state index contributed by atoms with van der Waals surface area (Å²) in [5, 5.41) is 9.56. The summed E-state index contributed by atoms with van der Waals surface area (Å²) >= 11 is 0. The van der Waals surface area contributed by atoms with Crippen molar-refractivity contribution in [2.75, 3.05) is 6.54 Å². The van der Waals surface area contributed by atoms with Crippen LogP contribution in [0.1, 0.15) is 40.0 Å². The molecule has 2 aliphatic rings. The predicted molar refractivity (Wildman–Crippen MR) is 82.6 cm³/mol. The molecule has 1 aliphatic carbocycles. The van der Waals surface area contributed by atoms with Crippen LogP contribution in [0.5, 0.6) is 0 Å². The Morgan fingerprint density at radius 2 is 1.96 bits per heavy atom. The third-order valence-electron chi connectivity index (χ3n) is 4.64. The second kappa shape index (κ2) is 6.10. The monoisotopic (exact) mass is 319 g/mol. The number of likely N-dealkylation sites (tertiary alicyclic amines) is 1. The van der Waals surface area contributed by atoms with Crippen LogP contribution < -0.4 is 0 Å². The topological polar surface area (TPSA) is 91.8 Å². The van der Waals surface area contributed by atoms with Crippen LogP contribution >= 0.6 is 0 Å². The third kappa shape index (κ3) is 3.11. The number of rotatable bonds is 4. The number of Topliss-reactive ketones (excluding diaryl/α,β-unsaturated/α-hetero) is 2. The highest BCUT2D eigenvalue weighted by atomic mass is 16.3. The Morgan fingerprint density at radius 1 is 1.30 bits per heavy atom. The molecule has 1 heterocycles. The van der Waals surface area contributed by atoms with Gasteiger partial charge < -0.3 is 10.0 Å². The van der Waals surface area contributed by atoms with Crippen molar-refractivity contribution in [1.29, 1.82) is 0 Å². The Kier molecular flexibility index (Phi) is 4.54. The summed E-state index contributed by atoms with van der Waals surface area (Å²) in [7, 11) is 0.